The zero-order valence-electron chi connectivity index (χ0n) is 20.5. The fourth-order valence-electron chi connectivity index (χ4n) is 4.00. The molecule has 1 aliphatic rings. The molecule has 3 N–H and O–H groups in total. The van der Waals surface area contributed by atoms with Crippen LogP contribution in [0.4, 0.5) is 11.4 Å². The minimum atomic E-state index is 0.300. The van der Waals surface area contributed by atoms with E-state index in [1.807, 2.05) is 27.1 Å². The van der Waals surface area contributed by atoms with E-state index in [4.69, 9.17) is 17.2 Å². The van der Waals surface area contributed by atoms with Gasteiger partial charge in [0.25, 0.3) is 0 Å². The van der Waals surface area contributed by atoms with Crippen LogP contribution in [0.2, 0.25) is 0 Å². The SMILES string of the molecule is Cc1ccc(NC(=S)NCC2=CCC(c3cc(-c4ccc(N(C)C)cc4)nc(C)n3)CN2)c(Br)c1. The van der Waals surface area contributed by atoms with Crippen LogP contribution in [0.15, 0.2) is 64.8 Å². The standard InChI is InChI=1S/C27H31BrN6S/c1-17-5-12-24(23(28)13-17)33-27(35)30-16-21-9-6-20(15-29-21)26-14-25(31-18(2)32-26)19-7-10-22(11-8-19)34(3)4/h5,7-14,20,29H,6,15-16H2,1-4H3,(H2,30,33,35). The zero-order valence-corrected chi connectivity index (χ0v) is 22.9. The Balaban J connectivity index is 1.36. The predicted molar refractivity (Wildman–Crippen MR) is 153 cm³/mol. The number of anilines is 2. The van der Waals surface area contributed by atoms with E-state index in [1.165, 1.54) is 11.3 Å². The van der Waals surface area contributed by atoms with Crippen molar-refractivity contribution in [2.75, 3.05) is 37.4 Å². The van der Waals surface area contributed by atoms with Gasteiger partial charge in [0.15, 0.2) is 5.11 Å². The maximum absolute atomic E-state index is 5.48. The average Bonchev–Trinajstić information content (AvgIpc) is 2.84. The minimum Gasteiger partial charge on any atom is -0.386 e. The highest BCUT2D eigenvalue weighted by atomic mass is 79.9. The number of rotatable bonds is 6. The van der Waals surface area contributed by atoms with Crippen molar-refractivity contribution in [3.63, 3.8) is 0 Å². The lowest BCUT2D eigenvalue weighted by molar-refractivity contribution is 0.575. The first-order valence-electron chi connectivity index (χ1n) is 11.7. The van der Waals surface area contributed by atoms with E-state index in [0.29, 0.717) is 17.6 Å². The van der Waals surface area contributed by atoms with Crippen molar-refractivity contribution in [3.8, 4) is 11.3 Å². The average molecular weight is 552 g/mol. The third-order valence-electron chi connectivity index (χ3n) is 5.99. The molecule has 6 nitrogen and oxygen atoms in total. The number of aromatic nitrogens is 2. The Hall–Kier alpha value is -2.97. The van der Waals surface area contributed by atoms with Crippen molar-refractivity contribution in [2.24, 2.45) is 0 Å². The number of nitrogens with zero attached hydrogens (tertiary/aromatic N) is 3. The van der Waals surface area contributed by atoms with E-state index in [9.17, 15) is 0 Å². The summed E-state index contributed by atoms with van der Waals surface area (Å²) >= 11 is 9.06. The molecule has 1 aliphatic heterocycles. The summed E-state index contributed by atoms with van der Waals surface area (Å²) in [7, 11) is 4.09. The molecule has 1 atom stereocenters. The molecule has 2 aromatic carbocycles. The summed E-state index contributed by atoms with van der Waals surface area (Å²) in [6, 6.07) is 16.7. The molecule has 1 unspecified atom stereocenters. The third kappa shape index (κ3) is 6.58. The fraction of sp³-hybridized carbons (Fsp3) is 0.296. The van der Waals surface area contributed by atoms with Gasteiger partial charge in [0.2, 0.25) is 0 Å². The van der Waals surface area contributed by atoms with Gasteiger partial charge in [-0.1, -0.05) is 24.3 Å². The van der Waals surface area contributed by atoms with Gasteiger partial charge in [-0.25, -0.2) is 9.97 Å². The first-order chi connectivity index (χ1) is 16.8. The predicted octanol–water partition coefficient (Wildman–Crippen LogP) is 5.54. The zero-order chi connectivity index (χ0) is 24.9. The van der Waals surface area contributed by atoms with Gasteiger partial charge in [-0.3, -0.25) is 0 Å². The molecule has 4 rings (SSSR count). The number of hydrogen-bond donors (Lipinski definition) is 3. The minimum absolute atomic E-state index is 0.300. The number of thiocarbonyl (C=S) groups is 1. The number of nitrogens with one attached hydrogen (secondary N) is 3. The van der Waals surface area contributed by atoms with Crippen molar-refractivity contribution in [1.29, 1.82) is 0 Å². The molecule has 0 fully saturated rings. The van der Waals surface area contributed by atoms with E-state index in [-0.39, 0.29) is 0 Å². The fourth-order valence-corrected chi connectivity index (χ4v) is 4.77. The lowest BCUT2D eigenvalue weighted by Gasteiger charge is -2.25. The summed E-state index contributed by atoms with van der Waals surface area (Å²) in [6.07, 6.45) is 3.15. The second-order valence-electron chi connectivity index (χ2n) is 9.00. The lowest BCUT2D eigenvalue weighted by Crippen LogP contribution is -2.36. The van der Waals surface area contributed by atoms with Gasteiger partial charge in [-0.05, 0) is 84.3 Å². The Labute approximate surface area is 221 Å². The molecule has 0 spiro atoms. The topological polar surface area (TPSA) is 65.1 Å². The lowest BCUT2D eigenvalue weighted by atomic mass is 9.96. The molecule has 3 aromatic rings. The number of halogens is 1. The molecule has 0 amide bonds. The molecule has 35 heavy (non-hydrogen) atoms. The van der Waals surface area contributed by atoms with E-state index in [2.05, 4.69) is 97.2 Å². The van der Waals surface area contributed by atoms with Gasteiger partial charge < -0.3 is 20.9 Å². The van der Waals surface area contributed by atoms with E-state index in [1.54, 1.807) is 0 Å². The monoisotopic (exact) mass is 550 g/mol. The summed E-state index contributed by atoms with van der Waals surface area (Å²) < 4.78 is 0.993. The summed E-state index contributed by atoms with van der Waals surface area (Å²) in [4.78, 5) is 11.5. The van der Waals surface area contributed by atoms with Crippen LogP contribution in [-0.2, 0) is 0 Å². The number of hydrogen-bond acceptors (Lipinski definition) is 5. The summed E-state index contributed by atoms with van der Waals surface area (Å²) in [5.41, 5.74) is 7.59. The van der Waals surface area contributed by atoms with Crippen LogP contribution >= 0.6 is 28.1 Å². The van der Waals surface area contributed by atoms with E-state index >= 15 is 0 Å². The normalized spacial score (nSPS) is 15.1. The van der Waals surface area contributed by atoms with Crippen molar-refractivity contribution in [2.45, 2.75) is 26.2 Å². The first kappa shape index (κ1) is 25.1. The number of aryl methyl sites for hydroxylation is 2. The van der Waals surface area contributed by atoms with Gasteiger partial charge in [-0.2, -0.15) is 0 Å². The molecule has 182 valence electrons. The molecule has 8 heteroatoms. The Morgan fingerprint density at radius 1 is 1.11 bits per heavy atom. The number of allylic oxidation sites excluding steroid dienone is 1. The Bertz CT molecular complexity index is 1240. The maximum atomic E-state index is 5.48. The largest absolute Gasteiger partial charge is 0.386 e. The smallest absolute Gasteiger partial charge is 0.171 e. The maximum Gasteiger partial charge on any atom is 0.171 e. The van der Waals surface area contributed by atoms with Crippen molar-refractivity contribution in [3.05, 3.63) is 81.9 Å². The summed E-state index contributed by atoms with van der Waals surface area (Å²) in [5.74, 6) is 1.10. The van der Waals surface area contributed by atoms with E-state index in [0.717, 1.165) is 51.6 Å². The molecular weight excluding hydrogens is 520 g/mol. The van der Waals surface area contributed by atoms with Crippen molar-refractivity contribution < 1.29 is 0 Å². The molecule has 1 aromatic heterocycles. The van der Waals surface area contributed by atoms with Crippen molar-refractivity contribution >= 4 is 44.6 Å². The quantitative estimate of drug-likeness (QED) is 0.348. The summed E-state index contributed by atoms with van der Waals surface area (Å²) in [5, 5.41) is 10.7. The van der Waals surface area contributed by atoms with E-state index < -0.39 is 0 Å². The molecule has 0 saturated carbocycles. The van der Waals surface area contributed by atoms with Gasteiger partial charge in [0.1, 0.15) is 5.82 Å². The van der Waals surface area contributed by atoms with Gasteiger partial charge in [0, 0.05) is 53.7 Å². The van der Waals surface area contributed by atoms with Crippen molar-refractivity contribution in [1.82, 2.24) is 20.6 Å². The molecule has 0 aliphatic carbocycles. The Kier molecular flexibility index (Phi) is 8.03. The van der Waals surface area contributed by atoms with Crippen LogP contribution in [-0.4, -0.2) is 42.3 Å². The molecule has 0 bridgehead atoms. The third-order valence-corrected chi connectivity index (χ3v) is 6.89. The molecule has 0 radical (unpaired) electrons. The van der Waals surface area contributed by atoms with Gasteiger partial charge in [0.05, 0.1) is 17.9 Å². The second kappa shape index (κ2) is 11.2. The van der Waals surface area contributed by atoms with Crippen LogP contribution in [0.3, 0.4) is 0 Å². The number of benzene rings is 2. The Morgan fingerprint density at radius 2 is 1.89 bits per heavy atom. The van der Waals surface area contributed by atoms with Crippen LogP contribution in [0.1, 0.15) is 29.4 Å². The second-order valence-corrected chi connectivity index (χ2v) is 10.3. The van der Waals surface area contributed by atoms with Crippen LogP contribution < -0.4 is 20.9 Å². The van der Waals surface area contributed by atoms with Gasteiger partial charge in [-0.15, -0.1) is 0 Å². The Morgan fingerprint density at radius 3 is 2.54 bits per heavy atom. The highest BCUT2D eigenvalue weighted by Crippen LogP contribution is 2.27. The molecule has 2 heterocycles. The van der Waals surface area contributed by atoms with Gasteiger partial charge >= 0.3 is 0 Å². The molecule has 0 saturated heterocycles. The summed E-state index contributed by atoms with van der Waals surface area (Å²) in [6.45, 7) is 5.50. The highest BCUT2D eigenvalue weighted by molar-refractivity contribution is 9.10. The first-order valence-corrected chi connectivity index (χ1v) is 12.9. The van der Waals surface area contributed by atoms with Crippen LogP contribution in [0.5, 0.6) is 0 Å². The van der Waals surface area contributed by atoms with Crippen LogP contribution in [0, 0.1) is 13.8 Å². The van der Waals surface area contributed by atoms with Crippen LogP contribution in [0.25, 0.3) is 11.3 Å². The highest BCUT2D eigenvalue weighted by Gasteiger charge is 2.19. The molecular formula is C27H31BrN6S.